The van der Waals surface area contributed by atoms with Crippen LogP contribution in [0.1, 0.15) is 258 Å². The molecule has 1 aliphatic rings. The van der Waals surface area contributed by atoms with Gasteiger partial charge in [0.2, 0.25) is 0 Å². The summed E-state index contributed by atoms with van der Waals surface area (Å²) in [6, 6.07) is 0. The molecule has 0 spiro atoms. The van der Waals surface area contributed by atoms with E-state index in [0.717, 1.165) is 64.2 Å². The molecule has 0 heterocycles. The van der Waals surface area contributed by atoms with Crippen molar-refractivity contribution in [3.05, 3.63) is 36.5 Å². The third kappa shape index (κ3) is 38.2. The Hall–Kier alpha value is -1.44. The third-order valence-electron chi connectivity index (χ3n) is 13.5. The lowest BCUT2D eigenvalue weighted by atomic mass is 9.85. The lowest BCUT2D eigenvalue weighted by Crippen LogP contribution is -2.64. The van der Waals surface area contributed by atoms with Crippen molar-refractivity contribution in [2.24, 2.45) is 0 Å². The van der Waals surface area contributed by atoms with Crippen LogP contribution in [0.2, 0.25) is 0 Å². The number of allylic oxidation sites excluding steroid dienone is 6. The van der Waals surface area contributed by atoms with Crippen molar-refractivity contribution < 1.29 is 58.3 Å². The predicted molar refractivity (Wildman–Crippen MR) is 286 cm³/mol. The minimum atomic E-state index is -5.03. The SMILES string of the molecule is CCCCCCC/C=C\C/C=C\C/C=C\CCCCCCCCCCCOCC(COP(=O)(O)OC1C(O)C(O)C(O)C(O)C1O)OC(=O)CCCCCCCCCCCCCCCCCCCCC. The van der Waals surface area contributed by atoms with Gasteiger partial charge in [-0.2, -0.15) is 0 Å². The van der Waals surface area contributed by atoms with Crippen molar-refractivity contribution in [3.63, 3.8) is 0 Å². The molecule has 6 N–H and O–H groups in total. The summed E-state index contributed by atoms with van der Waals surface area (Å²) in [5.41, 5.74) is 0. The fourth-order valence-electron chi connectivity index (χ4n) is 8.95. The summed E-state index contributed by atoms with van der Waals surface area (Å²) >= 11 is 0. The molecule has 1 fully saturated rings. The maximum atomic E-state index is 12.9. The molecule has 70 heavy (non-hydrogen) atoms. The lowest BCUT2D eigenvalue weighted by molar-refractivity contribution is -0.220. The summed E-state index contributed by atoms with van der Waals surface area (Å²) in [5.74, 6) is -0.474. The monoisotopic (exact) mass is 1010 g/mol. The zero-order valence-electron chi connectivity index (χ0n) is 44.6. The van der Waals surface area contributed by atoms with Crippen LogP contribution in [-0.2, 0) is 27.9 Å². The molecule has 412 valence electrons. The summed E-state index contributed by atoms with van der Waals surface area (Å²) in [5, 5.41) is 50.4. The Morgan fingerprint density at radius 1 is 0.457 bits per heavy atom. The molecular weight excluding hydrogens is 908 g/mol. The number of esters is 1. The van der Waals surface area contributed by atoms with Crippen LogP contribution in [0.3, 0.4) is 0 Å². The van der Waals surface area contributed by atoms with Crippen LogP contribution < -0.4 is 0 Å². The molecule has 12 nitrogen and oxygen atoms in total. The summed E-state index contributed by atoms with van der Waals surface area (Å²) in [4.78, 5) is 23.3. The van der Waals surface area contributed by atoms with Crippen LogP contribution >= 0.6 is 7.82 Å². The Kier molecular flexibility index (Phi) is 45.0. The van der Waals surface area contributed by atoms with Crippen LogP contribution in [0, 0.1) is 0 Å². The highest BCUT2D eigenvalue weighted by Gasteiger charge is 2.51. The van der Waals surface area contributed by atoms with E-state index in [1.54, 1.807) is 0 Å². The van der Waals surface area contributed by atoms with Crippen LogP contribution in [-0.4, -0.2) is 98.9 Å². The molecule has 6 atom stereocenters. The van der Waals surface area contributed by atoms with Crippen molar-refractivity contribution in [1.82, 2.24) is 0 Å². The number of aliphatic hydroxyl groups is 5. The second-order valence-corrected chi connectivity index (χ2v) is 21.6. The second-order valence-electron chi connectivity index (χ2n) is 20.1. The van der Waals surface area contributed by atoms with Gasteiger partial charge in [-0.05, 0) is 51.4 Å². The predicted octanol–water partition coefficient (Wildman–Crippen LogP) is 13.8. The van der Waals surface area contributed by atoms with Crippen molar-refractivity contribution in [2.75, 3.05) is 19.8 Å². The van der Waals surface area contributed by atoms with E-state index >= 15 is 0 Å². The largest absolute Gasteiger partial charge is 0.472 e. The van der Waals surface area contributed by atoms with Gasteiger partial charge in [0.25, 0.3) is 0 Å². The number of ether oxygens (including phenoxy) is 2. The average molecular weight is 1020 g/mol. The van der Waals surface area contributed by atoms with Crippen molar-refractivity contribution in [3.8, 4) is 0 Å². The molecule has 0 bridgehead atoms. The zero-order valence-corrected chi connectivity index (χ0v) is 45.5. The average Bonchev–Trinajstić information content (AvgIpc) is 3.35. The van der Waals surface area contributed by atoms with Gasteiger partial charge in [0.15, 0.2) is 0 Å². The fourth-order valence-corrected chi connectivity index (χ4v) is 9.93. The molecule has 0 aromatic heterocycles. The fraction of sp³-hybridized carbons (Fsp3) is 0.877. The molecule has 13 heteroatoms. The van der Waals surface area contributed by atoms with Gasteiger partial charge in [0.1, 0.15) is 42.7 Å². The topological polar surface area (TPSA) is 192 Å². The zero-order chi connectivity index (χ0) is 51.2. The lowest BCUT2D eigenvalue weighted by Gasteiger charge is -2.41. The minimum absolute atomic E-state index is 0.0773. The highest BCUT2D eigenvalue weighted by molar-refractivity contribution is 7.47. The molecule has 0 radical (unpaired) electrons. The Bertz CT molecular complexity index is 1300. The molecule has 0 aromatic rings. The highest BCUT2D eigenvalue weighted by atomic mass is 31.2. The smallest absolute Gasteiger partial charge is 0.457 e. The first-order valence-corrected chi connectivity index (χ1v) is 30.3. The summed E-state index contributed by atoms with van der Waals surface area (Å²) in [7, 11) is -5.03. The second kappa shape index (κ2) is 47.3. The maximum absolute atomic E-state index is 12.9. The minimum Gasteiger partial charge on any atom is -0.457 e. The van der Waals surface area contributed by atoms with E-state index in [4.69, 9.17) is 18.5 Å². The first-order chi connectivity index (χ1) is 34.0. The van der Waals surface area contributed by atoms with Gasteiger partial charge in [-0.1, -0.05) is 237 Å². The van der Waals surface area contributed by atoms with E-state index in [-0.39, 0.29) is 13.0 Å². The van der Waals surface area contributed by atoms with E-state index in [9.17, 15) is 39.8 Å². The number of phosphoric acid groups is 1. The van der Waals surface area contributed by atoms with Gasteiger partial charge in [-0.3, -0.25) is 13.8 Å². The number of hydrogen-bond acceptors (Lipinski definition) is 11. The number of carbonyl (C=O) groups is 1. The Balaban J connectivity index is 2.28. The summed E-state index contributed by atoms with van der Waals surface area (Å²) in [6.45, 7) is 4.29. The van der Waals surface area contributed by atoms with Gasteiger partial charge in [0, 0.05) is 13.0 Å². The van der Waals surface area contributed by atoms with E-state index in [1.165, 1.54) is 167 Å². The molecule has 1 aliphatic carbocycles. The van der Waals surface area contributed by atoms with Crippen LogP contribution in [0.4, 0.5) is 0 Å². The molecule has 0 aliphatic heterocycles. The molecule has 0 saturated heterocycles. The van der Waals surface area contributed by atoms with E-state index in [2.05, 4.69) is 50.3 Å². The molecule has 6 unspecified atom stereocenters. The van der Waals surface area contributed by atoms with Crippen LogP contribution in [0.25, 0.3) is 0 Å². The maximum Gasteiger partial charge on any atom is 0.472 e. The Morgan fingerprint density at radius 3 is 1.21 bits per heavy atom. The normalized spacial score (nSPS) is 21.1. The Morgan fingerprint density at radius 2 is 0.800 bits per heavy atom. The van der Waals surface area contributed by atoms with Gasteiger partial charge >= 0.3 is 13.8 Å². The highest BCUT2D eigenvalue weighted by Crippen LogP contribution is 2.47. The molecule has 1 rings (SSSR count). The van der Waals surface area contributed by atoms with Gasteiger partial charge in [-0.25, -0.2) is 4.57 Å². The van der Waals surface area contributed by atoms with Crippen LogP contribution in [0.5, 0.6) is 0 Å². The Labute approximate surface area is 427 Å². The first kappa shape index (κ1) is 66.6. The number of hydrogen-bond donors (Lipinski definition) is 6. The number of unbranched alkanes of at least 4 members (excludes halogenated alkanes) is 32. The quantitative estimate of drug-likeness (QED) is 0.0146. The van der Waals surface area contributed by atoms with E-state index in [1.807, 2.05) is 0 Å². The molecular formula is C57H107O12P. The standard InChI is InChI=1S/C57H107O12P/c1-3-5-7-9-11-13-15-17-19-21-23-24-25-26-27-29-31-33-35-37-39-41-43-45-47-66-48-50(49-67-70(64,65)69-57-55(62)53(60)52(59)54(61)56(57)63)68-51(58)46-44-42-40-38-36-34-32-30-28-22-20-18-16-14-12-10-8-6-4-2/h15,17,21,23,25-26,50,52-57,59-63H,3-14,16,18-20,22,24,27-49H2,1-2H3,(H,64,65)/b17-15-,23-21-,26-25-. The number of rotatable bonds is 50. The van der Waals surface area contributed by atoms with E-state index in [0.29, 0.717) is 13.0 Å². The summed E-state index contributed by atoms with van der Waals surface area (Å²) in [6.07, 6.45) is 46.4. The van der Waals surface area contributed by atoms with Crippen molar-refractivity contribution in [1.29, 1.82) is 0 Å². The van der Waals surface area contributed by atoms with Gasteiger partial charge in [-0.15, -0.1) is 0 Å². The van der Waals surface area contributed by atoms with Crippen LogP contribution in [0.15, 0.2) is 36.5 Å². The van der Waals surface area contributed by atoms with Crippen molar-refractivity contribution in [2.45, 2.75) is 301 Å². The molecule has 0 amide bonds. The summed E-state index contributed by atoms with van der Waals surface area (Å²) < 4.78 is 34.4. The van der Waals surface area contributed by atoms with Crippen molar-refractivity contribution >= 4 is 13.8 Å². The van der Waals surface area contributed by atoms with Gasteiger partial charge in [0.05, 0.1) is 13.2 Å². The first-order valence-electron chi connectivity index (χ1n) is 28.8. The van der Waals surface area contributed by atoms with Gasteiger partial charge < -0.3 is 39.9 Å². The number of phosphoric ester groups is 1. The number of carbonyl (C=O) groups excluding carboxylic acids is 1. The molecule has 1 saturated carbocycles. The molecule has 0 aromatic carbocycles. The van der Waals surface area contributed by atoms with E-state index < -0.39 is 63.1 Å². The third-order valence-corrected chi connectivity index (χ3v) is 14.5. The number of aliphatic hydroxyl groups excluding tert-OH is 5.